The summed E-state index contributed by atoms with van der Waals surface area (Å²) in [5.41, 5.74) is 0.844. The van der Waals surface area contributed by atoms with Gasteiger partial charge in [0.2, 0.25) is 10.0 Å². The van der Waals surface area contributed by atoms with Gasteiger partial charge in [-0.3, -0.25) is 4.79 Å². The molecule has 0 aromatic heterocycles. The molecule has 0 unspecified atom stereocenters. The molecule has 0 fully saturated rings. The van der Waals surface area contributed by atoms with Crippen LogP contribution >= 0.6 is 0 Å². The molecule has 0 radical (unpaired) electrons. The quantitative estimate of drug-likeness (QED) is 0.599. The molecule has 0 spiro atoms. The molecule has 0 aliphatic carbocycles. The number of primary sulfonamides is 1. The fourth-order valence-corrected chi connectivity index (χ4v) is 3.17. The van der Waals surface area contributed by atoms with E-state index in [4.69, 9.17) is 14.6 Å². The van der Waals surface area contributed by atoms with Crippen molar-refractivity contribution in [1.82, 2.24) is 5.32 Å². The van der Waals surface area contributed by atoms with Crippen molar-refractivity contribution in [3.05, 3.63) is 83.7 Å². The van der Waals surface area contributed by atoms with Crippen molar-refractivity contribution in [2.45, 2.75) is 11.4 Å². The van der Waals surface area contributed by atoms with Crippen LogP contribution in [0.1, 0.15) is 15.9 Å². The monoisotopic (exact) mass is 430 g/mol. The minimum Gasteiger partial charge on any atom is -0.496 e. The molecule has 0 saturated carbocycles. The van der Waals surface area contributed by atoms with Gasteiger partial charge in [0.05, 0.1) is 17.6 Å². The minimum absolute atomic E-state index is 0.0558. The number of carbonyl (C=O) groups is 1. The van der Waals surface area contributed by atoms with Crippen molar-refractivity contribution in [3.63, 3.8) is 0 Å². The fourth-order valence-electron chi connectivity index (χ4n) is 2.63. The second-order valence-electron chi connectivity index (χ2n) is 6.29. The smallest absolute Gasteiger partial charge is 0.255 e. The van der Waals surface area contributed by atoms with Crippen LogP contribution in [-0.4, -0.2) is 21.4 Å². The van der Waals surface area contributed by atoms with Gasteiger partial charge in [0.15, 0.2) is 0 Å². The topological polar surface area (TPSA) is 108 Å². The average molecular weight is 430 g/mol. The number of methoxy groups -OCH3 is 1. The second kappa shape index (κ2) is 8.93. The van der Waals surface area contributed by atoms with Crippen LogP contribution in [0.25, 0.3) is 0 Å². The normalized spacial score (nSPS) is 11.0. The van der Waals surface area contributed by atoms with Crippen molar-refractivity contribution in [3.8, 4) is 17.2 Å². The van der Waals surface area contributed by atoms with Crippen molar-refractivity contribution < 1.29 is 27.1 Å². The number of ether oxygens (including phenoxy) is 2. The highest BCUT2D eigenvalue weighted by molar-refractivity contribution is 7.89. The van der Waals surface area contributed by atoms with Crippen molar-refractivity contribution >= 4 is 15.9 Å². The predicted molar refractivity (Wildman–Crippen MR) is 108 cm³/mol. The summed E-state index contributed by atoms with van der Waals surface area (Å²) in [4.78, 5) is 12.3. The molecular formula is C21H19FN2O5S. The van der Waals surface area contributed by atoms with E-state index in [1.807, 2.05) is 0 Å². The third kappa shape index (κ3) is 5.34. The molecule has 7 nitrogen and oxygen atoms in total. The molecule has 0 aliphatic heterocycles. The average Bonchev–Trinajstić information content (AvgIpc) is 2.73. The Morgan fingerprint density at radius 2 is 1.60 bits per heavy atom. The summed E-state index contributed by atoms with van der Waals surface area (Å²) in [6.45, 7) is 0.193. The van der Waals surface area contributed by atoms with E-state index in [1.165, 1.54) is 49.6 Å². The van der Waals surface area contributed by atoms with Gasteiger partial charge in [0.1, 0.15) is 23.1 Å². The number of amides is 1. The maximum Gasteiger partial charge on any atom is 0.255 e. The molecule has 0 bridgehead atoms. The number of hydrogen-bond donors (Lipinski definition) is 2. The largest absolute Gasteiger partial charge is 0.496 e. The maximum absolute atomic E-state index is 12.9. The number of hydrogen-bond acceptors (Lipinski definition) is 5. The van der Waals surface area contributed by atoms with Gasteiger partial charge in [0, 0.05) is 6.54 Å². The number of sulfonamides is 1. The molecule has 3 aromatic carbocycles. The van der Waals surface area contributed by atoms with Gasteiger partial charge >= 0.3 is 0 Å². The first-order valence-corrected chi connectivity index (χ1v) is 10.3. The first-order chi connectivity index (χ1) is 14.3. The molecule has 0 aliphatic rings. The highest BCUT2D eigenvalue weighted by Gasteiger charge is 2.17. The Labute approximate surface area is 173 Å². The number of carbonyl (C=O) groups excluding carboxylic acids is 1. The Kier molecular flexibility index (Phi) is 6.34. The highest BCUT2D eigenvalue weighted by Crippen LogP contribution is 2.23. The SMILES string of the molecule is COc1ccc(S(N)(=O)=O)cc1C(=O)NCc1ccc(Oc2ccc(F)cc2)cc1. The Morgan fingerprint density at radius 3 is 2.17 bits per heavy atom. The van der Waals surface area contributed by atoms with Gasteiger partial charge in [-0.05, 0) is 60.2 Å². The van der Waals surface area contributed by atoms with E-state index >= 15 is 0 Å². The second-order valence-corrected chi connectivity index (χ2v) is 7.85. The van der Waals surface area contributed by atoms with E-state index in [0.717, 1.165) is 5.56 Å². The van der Waals surface area contributed by atoms with Crippen LogP contribution in [-0.2, 0) is 16.6 Å². The number of rotatable bonds is 7. The zero-order valence-electron chi connectivity index (χ0n) is 16.0. The van der Waals surface area contributed by atoms with Gasteiger partial charge in [-0.1, -0.05) is 12.1 Å². The van der Waals surface area contributed by atoms with Gasteiger partial charge in [-0.2, -0.15) is 0 Å². The summed E-state index contributed by atoms with van der Waals surface area (Å²) in [5.74, 6) is 0.421. The number of nitrogens with two attached hydrogens (primary N) is 1. The van der Waals surface area contributed by atoms with Crippen LogP contribution in [0.2, 0.25) is 0 Å². The molecule has 0 atom stereocenters. The van der Waals surface area contributed by atoms with Gasteiger partial charge < -0.3 is 14.8 Å². The number of nitrogens with one attached hydrogen (secondary N) is 1. The molecule has 9 heteroatoms. The van der Waals surface area contributed by atoms with E-state index in [0.29, 0.717) is 11.5 Å². The number of benzene rings is 3. The molecule has 156 valence electrons. The van der Waals surface area contributed by atoms with E-state index in [9.17, 15) is 17.6 Å². The zero-order valence-corrected chi connectivity index (χ0v) is 16.8. The summed E-state index contributed by atoms with van der Waals surface area (Å²) < 4.78 is 46.8. The maximum atomic E-state index is 12.9. The van der Waals surface area contributed by atoms with E-state index in [2.05, 4.69) is 5.32 Å². The lowest BCUT2D eigenvalue weighted by Gasteiger charge is -2.11. The third-order valence-electron chi connectivity index (χ3n) is 4.17. The molecular weight excluding hydrogens is 411 g/mol. The molecule has 3 rings (SSSR count). The van der Waals surface area contributed by atoms with Crippen LogP contribution < -0.4 is 19.9 Å². The molecule has 3 aromatic rings. The van der Waals surface area contributed by atoms with Crippen LogP contribution in [0.5, 0.6) is 17.2 Å². The summed E-state index contributed by atoms with van der Waals surface area (Å²) in [6.07, 6.45) is 0. The van der Waals surface area contributed by atoms with Crippen molar-refractivity contribution in [2.24, 2.45) is 5.14 Å². The molecule has 1 amide bonds. The zero-order chi connectivity index (χ0) is 21.7. The van der Waals surface area contributed by atoms with Crippen LogP contribution in [0, 0.1) is 5.82 Å². The third-order valence-corrected chi connectivity index (χ3v) is 5.08. The Morgan fingerprint density at radius 1 is 1.00 bits per heavy atom. The summed E-state index contributed by atoms with van der Waals surface area (Å²) in [6, 6.07) is 16.4. The molecule has 0 saturated heterocycles. The van der Waals surface area contributed by atoms with Gasteiger partial charge in [-0.25, -0.2) is 17.9 Å². The number of halogens is 1. The Hall–Kier alpha value is -3.43. The standard InChI is InChI=1S/C21H19FN2O5S/c1-28-20-11-10-18(30(23,26)27)12-19(20)21(25)24-13-14-2-6-16(7-3-14)29-17-8-4-15(22)5-9-17/h2-12H,13H2,1H3,(H,24,25)(H2,23,26,27). The first kappa shape index (κ1) is 21.3. The van der Waals surface area contributed by atoms with E-state index in [-0.39, 0.29) is 28.6 Å². The molecule has 30 heavy (non-hydrogen) atoms. The summed E-state index contributed by atoms with van der Waals surface area (Å²) in [7, 11) is -2.58. The van der Waals surface area contributed by atoms with E-state index < -0.39 is 15.9 Å². The van der Waals surface area contributed by atoms with Crippen LogP contribution in [0.15, 0.2) is 71.6 Å². The highest BCUT2D eigenvalue weighted by atomic mass is 32.2. The Bertz CT molecular complexity index is 1150. The molecule has 3 N–H and O–H groups in total. The lowest BCUT2D eigenvalue weighted by Crippen LogP contribution is -2.24. The summed E-state index contributed by atoms with van der Waals surface area (Å²) in [5, 5.41) is 7.84. The lowest BCUT2D eigenvalue weighted by molar-refractivity contribution is 0.0947. The molecule has 0 heterocycles. The fraction of sp³-hybridized carbons (Fsp3) is 0.0952. The Balaban J connectivity index is 1.66. The lowest BCUT2D eigenvalue weighted by atomic mass is 10.1. The predicted octanol–water partition coefficient (Wildman–Crippen LogP) is 3.20. The minimum atomic E-state index is -3.95. The first-order valence-electron chi connectivity index (χ1n) is 8.77. The summed E-state index contributed by atoms with van der Waals surface area (Å²) >= 11 is 0. The van der Waals surface area contributed by atoms with Crippen molar-refractivity contribution in [1.29, 1.82) is 0 Å². The van der Waals surface area contributed by atoms with Crippen LogP contribution in [0.4, 0.5) is 4.39 Å². The van der Waals surface area contributed by atoms with Gasteiger partial charge in [-0.15, -0.1) is 0 Å². The van der Waals surface area contributed by atoms with E-state index in [1.54, 1.807) is 24.3 Å². The van der Waals surface area contributed by atoms with Crippen molar-refractivity contribution in [2.75, 3.05) is 7.11 Å². The van der Waals surface area contributed by atoms with Crippen LogP contribution in [0.3, 0.4) is 0 Å². The van der Waals surface area contributed by atoms with Gasteiger partial charge in [0.25, 0.3) is 5.91 Å².